The van der Waals surface area contributed by atoms with Gasteiger partial charge in [0, 0.05) is 31.6 Å². The van der Waals surface area contributed by atoms with Gasteiger partial charge in [0.15, 0.2) is 0 Å². The van der Waals surface area contributed by atoms with Crippen LogP contribution in [0.3, 0.4) is 0 Å². The molecule has 1 rings (SSSR count). The van der Waals surface area contributed by atoms with Crippen LogP contribution in [0.15, 0.2) is 12.3 Å². The van der Waals surface area contributed by atoms with Crippen molar-refractivity contribution in [2.75, 3.05) is 25.2 Å². The minimum Gasteiger partial charge on any atom is -0.478 e. The Morgan fingerprint density at radius 2 is 2.10 bits per heavy atom. The first-order valence-corrected chi connectivity index (χ1v) is 7.00. The fraction of sp³-hybridized carbons (Fsp3) is 0.600. The van der Waals surface area contributed by atoms with Crippen LogP contribution in [0.2, 0.25) is 0 Å². The number of pyridine rings is 1. The highest BCUT2D eigenvalue weighted by Gasteiger charge is 2.21. The van der Waals surface area contributed by atoms with Crippen LogP contribution in [-0.2, 0) is 4.74 Å². The Bertz CT molecular complexity index is 445. The van der Waals surface area contributed by atoms with E-state index < -0.39 is 5.97 Å². The smallest absolute Gasteiger partial charge is 0.339 e. The highest BCUT2D eigenvalue weighted by Crippen LogP contribution is 2.25. The second kappa shape index (κ2) is 7.85. The normalized spacial score (nSPS) is 10.8. The maximum atomic E-state index is 11.4. The van der Waals surface area contributed by atoms with E-state index >= 15 is 0 Å². The fourth-order valence-corrected chi connectivity index (χ4v) is 2.37. The van der Waals surface area contributed by atoms with Gasteiger partial charge in [0.2, 0.25) is 0 Å². The summed E-state index contributed by atoms with van der Waals surface area (Å²) in [6.07, 6.45) is 3.36. The summed E-state index contributed by atoms with van der Waals surface area (Å²) in [6, 6.07) is 2.14. The molecule has 0 spiro atoms. The van der Waals surface area contributed by atoms with Crippen LogP contribution in [0.4, 0.5) is 5.69 Å². The summed E-state index contributed by atoms with van der Waals surface area (Å²) >= 11 is 0. The largest absolute Gasteiger partial charge is 0.478 e. The van der Waals surface area contributed by atoms with Crippen LogP contribution in [-0.4, -0.2) is 42.4 Å². The van der Waals surface area contributed by atoms with Crippen LogP contribution >= 0.6 is 0 Å². The summed E-state index contributed by atoms with van der Waals surface area (Å²) in [5.41, 5.74) is 1.80. The van der Waals surface area contributed by atoms with Gasteiger partial charge in [0.25, 0.3) is 0 Å². The van der Waals surface area contributed by atoms with E-state index in [0.717, 1.165) is 24.2 Å². The van der Waals surface area contributed by atoms with Crippen LogP contribution in [0.5, 0.6) is 0 Å². The third-order valence-electron chi connectivity index (χ3n) is 3.48. The molecule has 0 aliphatic carbocycles. The number of aromatic carboxylic acids is 1. The van der Waals surface area contributed by atoms with Gasteiger partial charge in [-0.3, -0.25) is 4.98 Å². The first-order chi connectivity index (χ1) is 9.54. The van der Waals surface area contributed by atoms with Gasteiger partial charge in [-0.1, -0.05) is 13.8 Å². The molecule has 1 N–H and O–H groups in total. The Balaban J connectivity index is 3.23. The maximum absolute atomic E-state index is 11.4. The summed E-state index contributed by atoms with van der Waals surface area (Å²) in [5.74, 6) is -0.944. The molecule has 1 aromatic rings. The average Bonchev–Trinajstić information content (AvgIpc) is 2.43. The van der Waals surface area contributed by atoms with Gasteiger partial charge in [0.1, 0.15) is 5.56 Å². The molecule has 112 valence electrons. The molecule has 0 unspecified atom stereocenters. The molecule has 0 aromatic carbocycles. The van der Waals surface area contributed by atoms with E-state index in [2.05, 4.69) is 23.7 Å². The molecule has 0 aliphatic heterocycles. The predicted molar refractivity (Wildman–Crippen MR) is 79.5 cm³/mol. The Hall–Kier alpha value is -1.62. The van der Waals surface area contributed by atoms with Crippen LogP contribution in [0.25, 0.3) is 0 Å². The lowest BCUT2D eigenvalue weighted by atomic mass is 10.1. The van der Waals surface area contributed by atoms with Gasteiger partial charge in [-0.25, -0.2) is 4.79 Å². The lowest BCUT2D eigenvalue weighted by Gasteiger charge is -2.33. The average molecular weight is 280 g/mol. The van der Waals surface area contributed by atoms with Crippen molar-refractivity contribution in [1.29, 1.82) is 0 Å². The molecule has 0 fully saturated rings. The first kappa shape index (κ1) is 16.4. The molecular weight excluding hydrogens is 256 g/mol. The molecule has 1 heterocycles. The lowest BCUT2D eigenvalue weighted by molar-refractivity contribution is 0.0697. The molecule has 1 aromatic heterocycles. The molecule has 0 saturated carbocycles. The van der Waals surface area contributed by atoms with Gasteiger partial charge in [-0.05, 0) is 25.8 Å². The molecule has 0 radical (unpaired) electrons. The van der Waals surface area contributed by atoms with Crippen molar-refractivity contribution in [1.82, 2.24) is 4.98 Å². The minimum atomic E-state index is -0.944. The van der Waals surface area contributed by atoms with E-state index in [1.807, 2.05) is 13.0 Å². The molecule has 20 heavy (non-hydrogen) atoms. The highest BCUT2D eigenvalue weighted by molar-refractivity contribution is 5.94. The second-order valence-electron chi connectivity index (χ2n) is 4.80. The van der Waals surface area contributed by atoms with Crippen LogP contribution in [0.1, 0.15) is 42.7 Å². The molecular formula is C15H24N2O3. The number of aromatic nitrogens is 1. The number of ether oxygens (including phenoxy) is 1. The Kier molecular flexibility index (Phi) is 6.45. The molecule has 5 nitrogen and oxygen atoms in total. The minimum absolute atomic E-state index is 0.249. The number of nitrogens with zero attached hydrogens (tertiary/aromatic N) is 2. The number of hydrogen-bond acceptors (Lipinski definition) is 4. The maximum Gasteiger partial charge on any atom is 0.339 e. The predicted octanol–water partition coefficient (Wildman–Crippen LogP) is 2.73. The zero-order valence-corrected chi connectivity index (χ0v) is 12.7. The van der Waals surface area contributed by atoms with Crippen LogP contribution in [0, 0.1) is 6.92 Å². The number of carboxylic acid groups (broad SMARTS) is 1. The number of hydrogen-bond donors (Lipinski definition) is 1. The van der Waals surface area contributed by atoms with Crippen molar-refractivity contribution in [3.05, 3.63) is 23.5 Å². The number of methoxy groups -OCH3 is 1. The zero-order chi connectivity index (χ0) is 15.1. The Labute approximate surface area is 120 Å². The number of aryl methyl sites for hydroxylation is 1. The SMILES string of the molecule is CCC(CC)N(CCOC)c1cc(C)ncc1C(=O)O. The molecule has 0 saturated heterocycles. The highest BCUT2D eigenvalue weighted by atomic mass is 16.5. The lowest BCUT2D eigenvalue weighted by Crippen LogP contribution is -2.38. The van der Waals surface area contributed by atoms with Crippen molar-refractivity contribution in [3.8, 4) is 0 Å². The van der Waals surface area contributed by atoms with Gasteiger partial charge in [-0.2, -0.15) is 0 Å². The van der Waals surface area contributed by atoms with E-state index in [4.69, 9.17) is 4.74 Å². The summed E-state index contributed by atoms with van der Waals surface area (Å²) in [5, 5.41) is 9.36. The first-order valence-electron chi connectivity index (χ1n) is 7.00. The van der Waals surface area contributed by atoms with Gasteiger partial charge in [0.05, 0.1) is 12.3 Å². The standard InChI is InChI=1S/C15H24N2O3/c1-5-12(6-2)17(7-8-20-4)14-9-11(3)16-10-13(14)15(18)19/h9-10,12H,5-8H2,1-4H3,(H,18,19). The molecule has 5 heteroatoms. The Morgan fingerprint density at radius 3 is 2.60 bits per heavy atom. The molecule has 0 atom stereocenters. The number of carboxylic acids is 1. The van der Waals surface area contributed by atoms with Crippen molar-refractivity contribution >= 4 is 11.7 Å². The van der Waals surface area contributed by atoms with E-state index in [1.54, 1.807) is 7.11 Å². The van der Waals surface area contributed by atoms with Crippen molar-refractivity contribution in [2.24, 2.45) is 0 Å². The number of rotatable bonds is 8. The van der Waals surface area contributed by atoms with E-state index in [0.29, 0.717) is 19.2 Å². The van der Waals surface area contributed by atoms with Gasteiger partial charge in [-0.15, -0.1) is 0 Å². The van der Waals surface area contributed by atoms with Gasteiger partial charge < -0.3 is 14.7 Å². The molecule has 0 amide bonds. The second-order valence-corrected chi connectivity index (χ2v) is 4.80. The zero-order valence-electron chi connectivity index (χ0n) is 12.7. The molecule has 0 aliphatic rings. The fourth-order valence-electron chi connectivity index (χ4n) is 2.37. The summed E-state index contributed by atoms with van der Waals surface area (Å²) in [7, 11) is 1.65. The third kappa shape index (κ3) is 3.93. The van der Waals surface area contributed by atoms with E-state index in [9.17, 15) is 9.90 Å². The van der Waals surface area contributed by atoms with Crippen LogP contribution < -0.4 is 4.90 Å². The summed E-state index contributed by atoms with van der Waals surface area (Å²) in [4.78, 5) is 17.6. The quantitative estimate of drug-likeness (QED) is 0.793. The number of anilines is 1. The third-order valence-corrected chi connectivity index (χ3v) is 3.48. The van der Waals surface area contributed by atoms with Crippen molar-refractivity contribution < 1.29 is 14.6 Å². The Morgan fingerprint density at radius 1 is 1.45 bits per heavy atom. The van der Waals surface area contributed by atoms with Gasteiger partial charge >= 0.3 is 5.97 Å². The summed E-state index contributed by atoms with van der Waals surface area (Å²) < 4.78 is 5.16. The summed E-state index contributed by atoms with van der Waals surface area (Å²) in [6.45, 7) is 7.34. The monoisotopic (exact) mass is 280 g/mol. The topological polar surface area (TPSA) is 62.7 Å². The molecule has 0 bridgehead atoms. The van der Waals surface area contributed by atoms with E-state index in [1.165, 1.54) is 6.20 Å². The van der Waals surface area contributed by atoms with Crippen molar-refractivity contribution in [2.45, 2.75) is 39.7 Å². The number of carbonyl (C=O) groups is 1. The van der Waals surface area contributed by atoms with E-state index in [-0.39, 0.29) is 5.56 Å². The van der Waals surface area contributed by atoms with Crippen molar-refractivity contribution in [3.63, 3.8) is 0 Å².